The Morgan fingerprint density at radius 2 is 1.58 bits per heavy atom. The fourth-order valence-corrected chi connectivity index (χ4v) is 4.20. The van der Waals surface area contributed by atoms with Crippen LogP contribution in [0.3, 0.4) is 0 Å². The van der Waals surface area contributed by atoms with E-state index in [4.69, 9.17) is 16.6 Å². The van der Waals surface area contributed by atoms with Crippen molar-refractivity contribution in [3.05, 3.63) is 101 Å². The molecule has 1 amide bonds. The summed E-state index contributed by atoms with van der Waals surface area (Å²) in [4.78, 5) is 18.1. The van der Waals surface area contributed by atoms with Crippen LogP contribution in [0, 0.1) is 0 Å². The second kappa shape index (κ2) is 8.75. The van der Waals surface area contributed by atoms with Gasteiger partial charge in [0, 0.05) is 5.02 Å². The van der Waals surface area contributed by atoms with E-state index in [0.29, 0.717) is 10.2 Å². The van der Waals surface area contributed by atoms with Crippen molar-refractivity contribution in [3.8, 4) is 0 Å². The van der Waals surface area contributed by atoms with Gasteiger partial charge in [-0.1, -0.05) is 78.0 Å². The molecule has 0 bridgehead atoms. The number of rotatable bonds is 5. The maximum atomic E-state index is 13.3. The number of benzene rings is 3. The first-order valence-electron chi connectivity index (χ1n) is 9.76. The number of aliphatic hydroxyl groups excluding tert-OH is 1. The number of anilines is 1. The van der Waals surface area contributed by atoms with Crippen molar-refractivity contribution in [1.29, 1.82) is 0 Å². The van der Waals surface area contributed by atoms with Crippen LogP contribution in [-0.4, -0.2) is 27.4 Å². The van der Waals surface area contributed by atoms with Crippen molar-refractivity contribution in [2.45, 2.75) is 18.6 Å². The molecule has 5 nitrogen and oxygen atoms in total. The molecule has 2 atom stereocenters. The summed E-state index contributed by atoms with van der Waals surface area (Å²) in [7, 11) is 0. The molecule has 0 spiro atoms. The summed E-state index contributed by atoms with van der Waals surface area (Å²) in [5.74, 6) is -0.160. The molecule has 4 rings (SSSR count). The number of aliphatic imine (C=N–C) groups is 1. The molecule has 0 saturated heterocycles. The van der Waals surface area contributed by atoms with Gasteiger partial charge in [-0.3, -0.25) is 10.2 Å². The minimum Gasteiger partial charge on any atom is -0.384 e. The zero-order chi connectivity index (χ0) is 22.0. The molecule has 0 aliphatic carbocycles. The van der Waals surface area contributed by atoms with Crippen LogP contribution in [-0.2, 0) is 10.3 Å². The number of carbonyl (C=O) groups is 1. The molecule has 1 aliphatic rings. The SMILES string of the molecule is CSC1=N[C@](C)(c2ccc([C@H](O)c3ccc(Cl)cc3)cc2)C(=O)N1Nc1ccccc1. The van der Waals surface area contributed by atoms with Crippen LogP contribution in [0.25, 0.3) is 0 Å². The van der Waals surface area contributed by atoms with E-state index >= 15 is 0 Å². The highest BCUT2D eigenvalue weighted by Gasteiger charge is 2.46. The van der Waals surface area contributed by atoms with Crippen molar-refractivity contribution < 1.29 is 9.90 Å². The fourth-order valence-electron chi connectivity index (χ4n) is 3.49. The van der Waals surface area contributed by atoms with E-state index in [1.165, 1.54) is 16.8 Å². The van der Waals surface area contributed by atoms with Gasteiger partial charge in [0.15, 0.2) is 10.7 Å². The smallest absolute Gasteiger partial charge is 0.279 e. The standard InChI is InChI=1S/C24H22ClN3O2S/c1-24(22(30)28(23(26-24)31-2)27-20-6-4-3-5-7-20)18-12-8-16(9-13-18)21(29)17-10-14-19(25)15-11-17/h3-15,21,27,29H,1-2H3/t21-,24+/m0/s1. The van der Waals surface area contributed by atoms with Crippen molar-refractivity contribution in [2.75, 3.05) is 11.7 Å². The van der Waals surface area contributed by atoms with Gasteiger partial charge in [-0.25, -0.2) is 4.99 Å². The molecule has 7 heteroatoms. The molecule has 0 saturated carbocycles. The summed E-state index contributed by atoms with van der Waals surface area (Å²) in [5, 5.41) is 13.4. The van der Waals surface area contributed by atoms with E-state index < -0.39 is 11.6 Å². The molecule has 2 N–H and O–H groups in total. The van der Waals surface area contributed by atoms with Crippen LogP contribution in [0.5, 0.6) is 0 Å². The molecular formula is C24H22ClN3O2S. The van der Waals surface area contributed by atoms with Crippen LogP contribution in [0.4, 0.5) is 5.69 Å². The summed E-state index contributed by atoms with van der Waals surface area (Å²) in [5.41, 5.74) is 5.15. The average molecular weight is 452 g/mol. The minimum absolute atomic E-state index is 0.160. The fraction of sp³-hybridized carbons (Fsp3) is 0.167. The Balaban J connectivity index is 1.59. The summed E-state index contributed by atoms with van der Waals surface area (Å²) in [6, 6.07) is 24.0. The second-order valence-electron chi connectivity index (χ2n) is 7.37. The van der Waals surface area contributed by atoms with Gasteiger partial charge in [0.25, 0.3) is 5.91 Å². The molecule has 1 heterocycles. The molecule has 0 aromatic heterocycles. The highest BCUT2D eigenvalue weighted by atomic mass is 35.5. The predicted molar refractivity (Wildman–Crippen MR) is 127 cm³/mol. The van der Waals surface area contributed by atoms with Crippen LogP contribution >= 0.6 is 23.4 Å². The van der Waals surface area contributed by atoms with Gasteiger partial charge in [-0.2, -0.15) is 5.01 Å². The number of nitrogens with one attached hydrogen (secondary N) is 1. The van der Waals surface area contributed by atoms with Crippen LogP contribution in [0.1, 0.15) is 29.7 Å². The van der Waals surface area contributed by atoms with Crippen LogP contribution in [0.15, 0.2) is 83.9 Å². The normalized spacial score (nSPS) is 19.3. The zero-order valence-corrected chi connectivity index (χ0v) is 18.7. The Morgan fingerprint density at radius 1 is 1.00 bits per heavy atom. The lowest BCUT2D eigenvalue weighted by Crippen LogP contribution is -2.42. The van der Waals surface area contributed by atoms with E-state index in [0.717, 1.165) is 22.4 Å². The largest absolute Gasteiger partial charge is 0.384 e. The number of carbonyl (C=O) groups excluding carboxylic acids is 1. The quantitative estimate of drug-likeness (QED) is 0.557. The molecular weight excluding hydrogens is 430 g/mol. The van der Waals surface area contributed by atoms with Gasteiger partial charge in [0.2, 0.25) is 0 Å². The van der Waals surface area contributed by atoms with Crippen molar-refractivity contribution in [2.24, 2.45) is 4.99 Å². The van der Waals surface area contributed by atoms with Crippen molar-refractivity contribution in [3.63, 3.8) is 0 Å². The Bertz CT molecular complexity index is 1100. The highest BCUT2D eigenvalue weighted by molar-refractivity contribution is 8.13. The molecule has 158 valence electrons. The lowest BCUT2D eigenvalue weighted by molar-refractivity contribution is -0.129. The third kappa shape index (κ3) is 4.19. The second-order valence-corrected chi connectivity index (χ2v) is 8.58. The molecule has 1 aliphatic heterocycles. The maximum absolute atomic E-state index is 13.3. The molecule has 0 unspecified atom stereocenters. The van der Waals surface area contributed by atoms with E-state index in [-0.39, 0.29) is 5.91 Å². The number of hydrogen-bond acceptors (Lipinski definition) is 5. The summed E-state index contributed by atoms with van der Waals surface area (Å²) in [6.45, 7) is 1.81. The number of aliphatic hydroxyl groups is 1. The van der Waals surface area contributed by atoms with Crippen molar-refractivity contribution in [1.82, 2.24) is 5.01 Å². The van der Waals surface area contributed by atoms with Crippen molar-refractivity contribution >= 4 is 40.1 Å². The lowest BCUT2D eigenvalue weighted by atomic mass is 9.90. The number of para-hydroxylation sites is 1. The van der Waals surface area contributed by atoms with Crippen LogP contribution in [0.2, 0.25) is 5.02 Å². The van der Waals surface area contributed by atoms with E-state index in [2.05, 4.69) is 5.43 Å². The Hall–Kier alpha value is -2.80. The predicted octanol–water partition coefficient (Wildman–Crippen LogP) is 5.23. The average Bonchev–Trinajstić information content (AvgIpc) is 3.05. The zero-order valence-electron chi connectivity index (χ0n) is 17.1. The van der Waals surface area contributed by atoms with E-state index in [1.54, 1.807) is 24.3 Å². The number of hydrazine groups is 1. The van der Waals surface area contributed by atoms with Crippen LogP contribution < -0.4 is 5.43 Å². The van der Waals surface area contributed by atoms with E-state index in [1.807, 2.05) is 67.8 Å². The highest BCUT2D eigenvalue weighted by Crippen LogP contribution is 2.36. The topological polar surface area (TPSA) is 64.9 Å². The Kier molecular flexibility index (Phi) is 6.05. The summed E-state index contributed by atoms with van der Waals surface area (Å²) < 4.78 is 0. The minimum atomic E-state index is -1.05. The first-order valence-corrected chi connectivity index (χ1v) is 11.4. The van der Waals surface area contributed by atoms with E-state index in [9.17, 15) is 9.90 Å². The number of nitrogens with zero attached hydrogens (tertiary/aromatic N) is 2. The monoisotopic (exact) mass is 451 g/mol. The lowest BCUT2D eigenvalue weighted by Gasteiger charge is -2.24. The first-order chi connectivity index (χ1) is 14.9. The third-order valence-electron chi connectivity index (χ3n) is 5.30. The van der Waals surface area contributed by atoms with Gasteiger partial charge < -0.3 is 5.11 Å². The molecule has 3 aromatic rings. The van der Waals surface area contributed by atoms with Gasteiger partial charge in [-0.15, -0.1) is 0 Å². The number of halogens is 1. The molecule has 0 fully saturated rings. The number of thioether (sulfide) groups is 1. The summed E-state index contributed by atoms with van der Waals surface area (Å²) in [6.07, 6.45) is 1.11. The number of amides is 1. The Morgan fingerprint density at radius 3 is 2.16 bits per heavy atom. The third-order valence-corrected chi connectivity index (χ3v) is 6.19. The van der Waals surface area contributed by atoms with Gasteiger partial charge in [0.05, 0.1) is 5.69 Å². The molecule has 31 heavy (non-hydrogen) atoms. The van der Waals surface area contributed by atoms with Gasteiger partial charge in [0.1, 0.15) is 6.10 Å². The molecule has 3 aromatic carbocycles. The number of amidine groups is 1. The maximum Gasteiger partial charge on any atom is 0.279 e. The first kappa shape index (κ1) is 21.4. The van der Waals surface area contributed by atoms with Gasteiger partial charge in [-0.05, 0) is 54.1 Å². The summed E-state index contributed by atoms with van der Waals surface area (Å²) >= 11 is 7.34. The number of hydrogen-bond donors (Lipinski definition) is 2. The molecule has 0 radical (unpaired) electrons. The Labute approximate surface area is 190 Å². The van der Waals surface area contributed by atoms with Gasteiger partial charge >= 0.3 is 0 Å².